The van der Waals surface area contributed by atoms with Crippen molar-refractivity contribution >= 4 is 11.9 Å². The number of guanidine groups is 1. The minimum absolute atomic E-state index is 0.0286. The van der Waals surface area contributed by atoms with Crippen molar-refractivity contribution in [3.05, 3.63) is 53.9 Å². The highest BCUT2D eigenvalue weighted by molar-refractivity contribution is 5.99. The van der Waals surface area contributed by atoms with Crippen molar-refractivity contribution in [2.24, 2.45) is 0 Å². The van der Waals surface area contributed by atoms with E-state index in [-0.39, 0.29) is 11.9 Å². The largest absolute Gasteiger partial charge is 0.346 e. The van der Waals surface area contributed by atoms with Gasteiger partial charge in [-0.25, -0.2) is 0 Å². The third-order valence-electron chi connectivity index (χ3n) is 5.14. The summed E-state index contributed by atoms with van der Waals surface area (Å²) < 4.78 is 0. The quantitative estimate of drug-likeness (QED) is 0.894. The Kier molecular flexibility index (Phi) is 3.37. The van der Waals surface area contributed by atoms with Gasteiger partial charge >= 0.3 is 0 Å². The zero-order valence-corrected chi connectivity index (χ0v) is 13.7. The molecule has 0 radical (unpaired) electrons. The van der Waals surface area contributed by atoms with Crippen LogP contribution in [0.2, 0.25) is 0 Å². The maximum absolute atomic E-state index is 12.5. The summed E-state index contributed by atoms with van der Waals surface area (Å²) >= 11 is 0. The Balaban J connectivity index is 1.76. The first-order valence-electron chi connectivity index (χ1n) is 8.34. The topological polar surface area (TPSA) is 69.1 Å². The van der Waals surface area contributed by atoms with Gasteiger partial charge in [-0.1, -0.05) is 18.2 Å². The van der Waals surface area contributed by atoms with E-state index in [9.17, 15) is 4.79 Å². The lowest BCUT2D eigenvalue weighted by Crippen LogP contribution is -2.59. The van der Waals surface area contributed by atoms with Crippen LogP contribution in [0, 0.1) is 5.41 Å². The van der Waals surface area contributed by atoms with E-state index >= 15 is 0 Å². The number of rotatable bonds is 2. The second-order valence-corrected chi connectivity index (χ2v) is 6.48. The lowest BCUT2D eigenvalue weighted by Gasteiger charge is -2.41. The Morgan fingerprint density at radius 2 is 2.21 bits per heavy atom. The average molecular weight is 320 g/mol. The van der Waals surface area contributed by atoms with Crippen LogP contribution in [0.3, 0.4) is 0 Å². The van der Waals surface area contributed by atoms with E-state index in [1.54, 1.807) is 6.20 Å². The summed E-state index contributed by atoms with van der Waals surface area (Å²) in [6.45, 7) is 2.43. The molecule has 1 aliphatic heterocycles. The van der Waals surface area contributed by atoms with Gasteiger partial charge in [0.1, 0.15) is 0 Å². The normalized spacial score (nSPS) is 22.6. The number of benzene rings is 1. The van der Waals surface area contributed by atoms with Gasteiger partial charge in [0.05, 0.1) is 12.0 Å². The second-order valence-electron chi connectivity index (χ2n) is 6.48. The van der Waals surface area contributed by atoms with E-state index < -0.39 is 5.54 Å². The highest BCUT2D eigenvalue weighted by atomic mass is 16.2. The molecule has 1 spiro atoms. The average Bonchev–Trinajstić information content (AvgIpc) is 2.93. The molecule has 1 fully saturated rings. The van der Waals surface area contributed by atoms with Gasteiger partial charge in [0.25, 0.3) is 0 Å². The predicted molar refractivity (Wildman–Crippen MR) is 92.5 cm³/mol. The summed E-state index contributed by atoms with van der Waals surface area (Å²) in [5, 5.41) is 11.5. The molecule has 1 atom stereocenters. The van der Waals surface area contributed by atoms with Crippen LogP contribution in [-0.2, 0) is 16.8 Å². The van der Waals surface area contributed by atoms with Gasteiger partial charge in [0.15, 0.2) is 5.96 Å². The maximum atomic E-state index is 12.5. The van der Waals surface area contributed by atoms with Crippen LogP contribution in [0.5, 0.6) is 0 Å². The zero-order valence-electron chi connectivity index (χ0n) is 13.7. The fourth-order valence-electron chi connectivity index (χ4n) is 3.90. The van der Waals surface area contributed by atoms with Gasteiger partial charge in [0, 0.05) is 18.9 Å². The number of carbonyl (C=O) groups is 1. The van der Waals surface area contributed by atoms with Crippen molar-refractivity contribution in [3.8, 4) is 11.1 Å². The molecule has 1 aromatic carbocycles. The van der Waals surface area contributed by atoms with E-state index in [2.05, 4.69) is 28.5 Å². The molecule has 2 aliphatic rings. The van der Waals surface area contributed by atoms with Crippen LogP contribution < -0.4 is 5.32 Å². The molecule has 2 heterocycles. The predicted octanol–water partition coefficient (Wildman–Crippen LogP) is 2.67. The standard InChI is InChI=1S/C19H20N4O/c1-2-23-17(24)11-19(22-18(23)20)8-7-13-5-6-14(10-16(13)19)15-4-3-9-21-12-15/h3-6,9-10,12H,2,7-8,11H2,1H3,(H2,20,22)/t19-/m0/s1. The summed E-state index contributed by atoms with van der Waals surface area (Å²) in [7, 11) is 0. The molecule has 1 amide bonds. The Morgan fingerprint density at radius 3 is 2.92 bits per heavy atom. The van der Waals surface area contributed by atoms with E-state index in [0.29, 0.717) is 13.0 Å². The van der Waals surface area contributed by atoms with E-state index in [1.165, 1.54) is 10.5 Å². The number of amides is 1. The van der Waals surface area contributed by atoms with Crippen molar-refractivity contribution in [2.45, 2.75) is 31.7 Å². The number of aryl methyl sites for hydroxylation is 1. The number of nitrogens with one attached hydrogen (secondary N) is 2. The molecule has 0 saturated carbocycles. The summed E-state index contributed by atoms with van der Waals surface area (Å²) in [4.78, 5) is 18.2. The molecule has 0 unspecified atom stereocenters. The molecule has 4 rings (SSSR count). The smallest absolute Gasteiger partial charge is 0.231 e. The Hall–Kier alpha value is -2.69. The lowest BCUT2D eigenvalue weighted by molar-refractivity contribution is -0.130. The summed E-state index contributed by atoms with van der Waals surface area (Å²) in [6.07, 6.45) is 5.81. The molecular weight excluding hydrogens is 300 g/mol. The van der Waals surface area contributed by atoms with Crippen LogP contribution in [0.25, 0.3) is 11.1 Å². The molecule has 1 aromatic heterocycles. The molecule has 2 N–H and O–H groups in total. The van der Waals surface area contributed by atoms with Crippen molar-refractivity contribution in [2.75, 3.05) is 6.54 Å². The fraction of sp³-hybridized carbons (Fsp3) is 0.316. The van der Waals surface area contributed by atoms with Crippen LogP contribution in [0.1, 0.15) is 30.9 Å². The van der Waals surface area contributed by atoms with Crippen molar-refractivity contribution < 1.29 is 4.79 Å². The highest BCUT2D eigenvalue weighted by Gasteiger charge is 2.46. The summed E-state index contributed by atoms with van der Waals surface area (Å²) in [6, 6.07) is 10.4. The summed E-state index contributed by atoms with van der Waals surface area (Å²) in [5.41, 5.74) is 4.14. The molecule has 5 heteroatoms. The van der Waals surface area contributed by atoms with Crippen LogP contribution in [0.15, 0.2) is 42.7 Å². The number of hydrogen-bond acceptors (Lipinski definition) is 3. The maximum Gasteiger partial charge on any atom is 0.231 e. The van der Waals surface area contributed by atoms with Gasteiger partial charge in [-0.3, -0.25) is 20.1 Å². The van der Waals surface area contributed by atoms with Gasteiger partial charge < -0.3 is 5.32 Å². The molecule has 0 bridgehead atoms. The van der Waals surface area contributed by atoms with Crippen LogP contribution >= 0.6 is 0 Å². The number of hydrogen-bond donors (Lipinski definition) is 2. The minimum Gasteiger partial charge on any atom is -0.346 e. The fourth-order valence-corrected chi connectivity index (χ4v) is 3.90. The SMILES string of the molecule is CCN1C(=N)N[C@@]2(CCc3ccc(-c4cccnc4)cc32)CC1=O. The first-order chi connectivity index (χ1) is 11.6. The molecule has 1 saturated heterocycles. The van der Waals surface area contributed by atoms with E-state index in [0.717, 1.165) is 29.5 Å². The minimum atomic E-state index is -0.437. The zero-order chi connectivity index (χ0) is 16.7. The number of carbonyl (C=O) groups excluding carboxylic acids is 1. The van der Waals surface area contributed by atoms with Crippen molar-refractivity contribution in [1.29, 1.82) is 5.41 Å². The van der Waals surface area contributed by atoms with Gasteiger partial charge in [-0.05, 0) is 54.2 Å². The summed E-state index contributed by atoms with van der Waals surface area (Å²) in [5.74, 6) is 0.245. The van der Waals surface area contributed by atoms with Gasteiger partial charge in [-0.15, -0.1) is 0 Å². The van der Waals surface area contributed by atoms with E-state index in [1.807, 2.05) is 25.3 Å². The van der Waals surface area contributed by atoms with E-state index in [4.69, 9.17) is 5.41 Å². The number of aromatic nitrogens is 1. The van der Waals surface area contributed by atoms with Crippen LogP contribution in [-0.4, -0.2) is 28.3 Å². The van der Waals surface area contributed by atoms with Crippen molar-refractivity contribution in [1.82, 2.24) is 15.2 Å². The number of fused-ring (bicyclic) bond motifs is 2. The molecule has 24 heavy (non-hydrogen) atoms. The molecular formula is C19H20N4O. The third kappa shape index (κ3) is 2.19. The second kappa shape index (κ2) is 5.44. The monoisotopic (exact) mass is 320 g/mol. The Morgan fingerprint density at radius 1 is 1.33 bits per heavy atom. The lowest BCUT2D eigenvalue weighted by atomic mass is 9.85. The first kappa shape index (κ1) is 14.9. The Bertz CT molecular complexity index is 797. The highest BCUT2D eigenvalue weighted by Crippen LogP contribution is 2.43. The third-order valence-corrected chi connectivity index (χ3v) is 5.14. The van der Waals surface area contributed by atoms with Gasteiger partial charge in [0.2, 0.25) is 5.91 Å². The Labute approximate surface area is 141 Å². The van der Waals surface area contributed by atoms with Crippen molar-refractivity contribution in [3.63, 3.8) is 0 Å². The van der Waals surface area contributed by atoms with Gasteiger partial charge in [-0.2, -0.15) is 0 Å². The number of pyridine rings is 1. The molecule has 122 valence electrons. The molecule has 1 aliphatic carbocycles. The van der Waals surface area contributed by atoms with Crippen LogP contribution in [0.4, 0.5) is 0 Å². The number of nitrogens with zero attached hydrogens (tertiary/aromatic N) is 2. The molecule has 2 aromatic rings. The first-order valence-corrected chi connectivity index (χ1v) is 8.34. The molecule has 5 nitrogen and oxygen atoms in total.